The fourth-order valence-electron chi connectivity index (χ4n) is 0.904. The van der Waals surface area contributed by atoms with E-state index in [1.165, 1.54) is 13.3 Å². The summed E-state index contributed by atoms with van der Waals surface area (Å²) in [5, 5.41) is 2.81. The first-order valence-corrected chi connectivity index (χ1v) is 4.15. The van der Waals surface area contributed by atoms with Crippen molar-refractivity contribution in [2.75, 3.05) is 6.54 Å². The minimum Gasteiger partial charge on any atom is -0.370 e. The van der Waals surface area contributed by atoms with E-state index in [2.05, 4.69) is 11.1 Å². The van der Waals surface area contributed by atoms with Crippen LogP contribution in [0.4, 0.5) is 0 Å². The minimum atomic E-state index is -0.333. The fraction of sp³-hybridized carbons (Fsp3) is 0.750. The molecule has 1 fully saturated rings. The van der Waals surface area contributed by atoms with Crippen LogP contribution in [0.15, 0.2) is 0 Å². The van der Waals surface area contributed by atoms with Gasteiger partial charge in [0.15, 0.2) is 0 Å². The van der Waals surface area contributed by atoms with Crippen LogP contribution in [0.2, 0.25) is 0 Å². The number of nitrogens with two attached hydrogens (primary N) is 1. The summed E-state index contributed by atoms with van der Waals surface area (Å²) in [7, 11) is 0. The van der Waals surface area contributed by atoms with E-state index < -0.39 is 0 Å². The molecule has 2 amide bonds. The number of hydrogen-bond donors (Lipinski definition) is 2. The molecule has 0 aliphatic carbocycles. The van der Waals surface area contributed by atoms with Crippen molar-refractivity contribution in [3.63, 3.8) is 0 Å². The first-order valence-electron chi connectivity index (χ1n) is 4.15. The largest absolute Gasteiger partial charge is 0.370 e. The van der Waals surface area contributed by atoms with Crippen molar-refractivity contribution in [2.24, 2.45) is 5.73 Å². The zero-order valence-electron chi connectivity index (χ0n) is 7.43. The van der Waals surface area contributed by atoms with Gasteiger partial charge in [-0.25, -0.2) is 0 Å². The van der Waals surface area contributed by atoms with E-state index in [4.69, 9.17) is 0 Å². The molecule has 1 aliphatic heterocycles. The Hall–Kier alpha value is -1.06. The van der Waals surface area contributed by atoms with Crippen molar-refractivity contribution in [1.29, 1.82) is 0 Å². The van der Waals surface area contributed by atoms with E-state index in [0.29, 0.717) is 0 Å². The van der Waals surface area contributed by atoms with Gasteiger partial charge in [-0.3, -0.25) is 9.59 Å². The highest BCUT2D eigenvalue weighted by atomic mass is 16.1. The molecule has 3 N–H and O–H groups in total. The third-order valence-electron chi connectivity index (χ3n) is 1.40. The highest BCUT2D eigenvalue weighted by Crippen LogP contribution is 2.02. The summed E-state index contributed by atoms with van der Waals surface area (Å²) in [6.45, 7) is 2.19. The molecule has 12 heavy (non-hydrogen) atoms. The van der Waals surface area contributed by atoms with Crippen molar-refractivity contribution < 1.29 is 9.59 Å². The molecule has 1 saturated heterocycles. The first kappa shape index (κ1) is 10.9. The number of hydrogen-bond acceptors (Lipinski definition) is 2. The Bertz CT molecular complexity index is 143. The van der Waals surface area contributed by atoms with Gasteiger partial charge < -0.3 is 11.1 Å². The number of primary amides is 1. The maximum atomic E-state index is 10.6. The summed E-state index contributed by atoms with van der Waals surface area (Å²) in [5.41, 5.74) is 4.47. The number of carbonyl (C=O) groups excluding carboxylic acids is 2. The molecule has 0 bridgehead atoms. The van der Waals surface area contributed by atoms with Gasteiger partial charge in [0.1, 0.15) is 0 Å². The molecule has 1 rings (SSSR count). The summed E-state index contributed by atoms with van der Waals surface area (Å²) >= 11 is 0. The molecule has 1 aliphatic rings. The van der Waals surface area contributed by atoms with Gasteiger partial charge in [0, 0.05) is 19.9 Å². The molecular formula is C8H16N2O2. The second-order valence-corrected chi connectivity index (χ2v) is 2.77. The number of carbonyl (C=O) groups is 2. The summed E-state index contributed by atoms with van der Waals surface area (Å²) in [4.78, 5) is 19.8. The standard InChI is InChI=1S/C6H11NO.C2H5NO/c8-6-4-2-1-3-5-7-6;1-2(3)4/h1-5H2,(H,7,8);1H3,(H2,3,4). The smallest absolute Gasteiger partial charge is 0.219 e. The highest BCUT2D eigenvalue weighted by Gasteiger charge is 2.03. The lowest BCUT2D eigenvalue weighted by molar-refractivity contribution is -0.120. The molecular weight excluding hydrogens is 156 g/mol. The summed E-state index contributed by atoms with van der Waals surface area (Å²) in [5.74, 6) is -0.109. The molecule has 0 saturated carbocycles. The predicted molar refractivity (Wildman–Crippen MR) is 46.3 cm³/mol. The van der Waals surface area contributed by atoms with Gasteiger partial charge in [0.05, 0.1) is 0 Å². The van der Waals surface area contributed by atoms with Crippen molar-refractivity contribution in [2.45, 2.75) is 32.6 Å². The average molecular weight is 172 g/mol. The van der Waals surface area contributed by atoms with Crippen LogP contribution >= 0.6 is 0 Å². The number of amides is 2. The molecule has 0 aromatic rings. The summed E-state index contributed by atoms with van der Waals surface area (Å²) in [6, 6.07) is 0. The molecule has 4 heteroatoms. The normalized spacial score (nSPS) is 16.6. The number of nitrogens with one attached hydrogen (secondary N) is 1. The van der Waals surface area contributed by atoms with Gasteiger partial charge in [-0.05, 0) is 12.8 Å². The van der Waals surface area contributed by atoms with Gasteiger partial charge in [0.25, 0.3) is 0 Å². The van der Waals surface area contributed by atoms with Crippen LogP contribution in [-0.2, 0) is 9.59 Å². The SMILES string of the molecule is CC(N)=O.O=C1CCCCCN1. The van der Waals surface area contributed by atoms with Crippen LogP contribution in [0, 0.1) is 0 Å². The van der Waals surface area contributed by atoms with Gasteiger partial charge in [0.2, 0.25) is 11.8 Å². The van der Waals surface area contributed by atoms with Crippen molar-refractivity contribution in [1.82, 2.24) is 5.32 Å². The van der Waals surface area contributed by atoms with E-state index >= 15 is 0 Å². The van der Waals surface area contributed by atoms with E-state index in [-0.39, 0.29) is 11.8 Å². The Morgan fingerprint density at radius 3 is 2.58 bits per heavy atom. The maximum Gasteiger partial charge on any atom is 0.219 e. The molecule has 0 spiro atoms. The number of rotatable bonds is 0. The molecule has 1 heterocycles. The molecule has 0 unspecified atom stereocenters. The molecule has 0 aromatic heterocycles. The Morgan fingerprint density at radius 1 is 1.42 bits per heavy atom. The van der Waals surface area contributed by atoms with E-state index in [0.717, 1.165) is 25.8 Å². The monoisotopic (exact) mass is 172 g/mol. The maximum absolute atomic E-state index is 10.6. The lowest BCUT2D eigenvalue weighted by atomic mass is 10.2. The highest BCUT2D eigenvalue weighted by molar-refractivity contribution is 5.75. The average Bonchev–Trinajstić information content (AvgIpc) is 2.14. The second-order valence-electron chi connectivity index (χ2n) is 2.77. The van der Waals surface area contributed by atoms with Gasteiger partial charge >= 0.3 is 0 Å². The fourth-order valence-corrected chi connectivity index (χ4v) is 0.904. The quantitative estimate of drug-likeness (QED) is 0.546. The van der Waals surface area contributed by atoms with Gasteiger partial charge in [-0.1, -0.05) is 6.42 Å². The van der Waals surface area contributed by atoms with Crippen LogP contribution in [0.25, 0.3) is 0 Å². The lowest BCUT2D eigenvalue weighted by Crippen LogP contribution is -2.21. The minimum absolute atomic E-state index is 0.225. The van der Waals surface area contributed by atoms with Crippen LogP contribution in [0.1, 0.15) is 32.6 Å². The Labute approximate surface area is 72.5 Å². The Balaban J connectivity index is 0.000000261. The third-order valence-corrected chi connectivity index (χ3v) is 1.40. The second kappa shape index (κ2) is 6.64. The van der Waals surface area contributed by atoms with E-state index in [1.54, 1.807) is 0 Å². The lowest BCUT2D eigenvalue weighted by Gasteiger charge is -1.93. The molecule has 0 aromatic carbocycles. The zero-order chi connectivity index (χ0) is 9.40. The summed E-state index contributed by atoms with van der Waals surface area (Å²) in [6.07, 6.45) is 4.18. The summed E-state index contributed by atoms with van der Waals surface area (Å²) < 4.78 is 0. The van der Waals surface area contributed by atoms with E-state index in [9.17, 15) is 9.59 Å². The van der Waals surface area contributed by atoms with Crippen molar-refractivity contribution in [3.05, 3.63) is 0 Å². The van der Waals surface area contributed by atoms with Crippen LogP contribution in [-0.4, -0.2) is 18.4 Å². The molecule has 0 atom stereocenters. The molecule has 4 nitrogen and oxygen atoms in total. The predicted octanol–water partition coefficient (Wildman–Crippen LogP) is 0.168. The first-order chi connectivity index (χ1) is 5.63. The Morgan fingerprint density at radius 2 is 2.00 bits per heavy atom. The molecule has 70 valence electrons. The van der Waals surface area contributed by atoms with Crippen molar-refractivity contribution >= 4 is 11.8 Å². The van der Waals surface area contributed by atoms with Gasteiger partial charge in [-0.15, -0.1) is 0 Å². The zero-order valence-corrected chi connectivity index (χ0v) is 7.43. The topological polar surface area (TPSA) is 72.2 Å². The van der Waals surface area contributed by atoms with Crippen LogP contribution in [0.3, 0.4) is 0 Å². The Kier molecular flexibility index (Phi) is 6.05. The molecule has 0 radical (unpaired) electrons. The third kappa shape index (κ3) is 8.94. The van der Waals surface area contributed by atoms with Gasteiger partial charge in [-0.2, -0.15) is 0 Å². The van der Waals surface area contributed by atoms with Crippen LogP contribution < -0.4 is 11.1 Å². The van der Waals surface area contributed by atoms with E-state index in [1.807, 2.05) is 0 Å². The van der Waals surface area contributed by atoms with Crippen molar-refractivity contribution in [3.8, 4) is 0 Å². The van der Waals surface area contributed by atoms with Crippen LogP contribution in [0.5, 0.6) is 0 Å².